The molecule has 0 heterocycles. The summed E-state index contributed by atoms with van der Waals surface area (Å²) in [7, 11) is 0. The van der Waals surface area contributed by atoms with Gasteiger partial charge in [0.15, 0.2) is 5.78 Å². The minimum absolute atomic E-state index is 0.00372. The molecule has 0 amide bonds. The van der Waals surface area contributed by atoms with E-state index in [2.05, 4.69) is 10.0 Å². The lowest BCUT2D eigenvalue weighted by atomic mass is 10.00. The zero-order chi connectivity index (χ0) is 24.2. The lowest BCUT2D eigenvalue weighted by molar-refractivity contribution is -0.111. The van der Waals surface area contributed by atoms with E-state index in [-0.39, 0.29) is 49.1 Å². The third kappa shape index (κ3) is 7.80. The largest absolute Gasteiger partial charge is 0.512 e. The molecule has 0 aliphatic carbocycles. The van der Waals surface area contributed by atoms with E-state index < -0.39 is 11.9 Å². The molecule has 0 fully saturated rings. The van der Waals surface area contributed by atoms with Gasteiger partial charge in [-0.2, -0.15) is 0 Å². The van der Waals surface area contributed by atoms with Crippen molar-refractivity contribution in [2.24, 2.45) is 5.11 Å². The maximum Gasteiger partial charge on any atom is 0.338 e. The summed E-state index contributed by atoms with van der Waals surface area (Å²) in [5.41, 5.74) is 10.0. The van der Waals surface area contributed by atoms with E-state index in [1.54, 1.807) is 12.1 Å². The number of carbonyl (C=O) groups is 3. The summed E-state index contributed by atoms with van der Waals surface area (Å²) in [4.78, 5) is 38.3. The number of hydrogen-bond donors (Lipinski definition) is 1. The fourth-order valence-corrected chi connectivity index (χ4v) is 2.81. The third-order valence-corrected chi connectivity index (χ3v) is 4.31. The molecule has 0 bridgehead atoms. The van der Waals surface area contributed by atoms with Gasteiger partial charge in [-0.25, -0.2) is 9.59 Å². The fourth-order valence-electron chi connectivity index (χ4n) is 2.81. The molecule has 0 aliphatic rings. The van der Waals surface area contributed by atoms with Crippen LogP contribution in [-0.4, -0.2) is 49.3 Å². The maximum absolute atomic E-state index is 12.1. The van der Waals surface area contributed by atoms with E-state index in [0.29, 0.717) is 16.8 Å². The maximum atomic E-state index is 12.1. The van der Waals surface area contributed by atoms with Crippen LogP contribution in [0.15, 0.2) is 59.4 Å². The van der Waals surface area contributed by atoms with Crippen LogP contribution < -0.4 is 0 Å². The van der Waals surface area contributed by atoms with Crippen molar-refractivity contribution < 1.29 is 33.7 Å². The monoisotopic (exact) mass is 453 g/mol. The molecule has 0 radical (unpaired) electrons. The minimum atomic E-state index is -0.560. The second-order valence-electron chi connectivity index (χ2n) is 6.71. The predicted molar refractivity (Wildman–Crippen MR) is 119 cm³/mol. The molecule has 172 valence electrons. The van der Waals surface area contributed by atoms with Gasteiger partial charge in [-0.1, -0.05) is 29.4 Å². The van der Waals surface area contributed by atoms with Crippen LogP contribution in [0.3, 0.4) is 0 Å². The molecular weight excluding hydrogens is 430 g/mol. The first-order valence-electron chi connectivity index (χ1n) is 9.92. The van der Waals surface area contributed by atoms with Crippen LogP contribution in [-0.2, 0) is 19.0 Å². The molecule has 2 rings (SSSR count). The zero-order valence-electron chi connectivity index (χ0n) is 18.2. The highest BCUT2D eigenvalue weighted by atomic mass is 16.6. The van der Waals surface area contributed by atoms with Gasteiger partial charge in [0.1, 0.15) is 19.0 Å². The van der Waals surface area contributed by atoms with Gasteiger partial charge < -0.3 is 19.3 Å². The first-order valence-corrected chi connectivity index (χ1v) is 9.92. The molecule has 0 saturated heterocycles. The fraction of sp³-hybridized carbons (Fsp3) is 0.261. The van der Waals surface area contributed by atoms with E-state index in [1.807, 2.05) is 0 Å². The summed E-state index contributed by atoms with van der Waals surface area (Å²) in [5, 5.41) is 13.1. The van der Waals surface area contributed by atoms with E-state index in [0.717, 1.165) is 0 Å². The van der Waals surface area contributed by atoms with Crippen LogP contribution in [0, 0.1) is 0 Å². The molecule has 33 heavy (non-hydrogen) atoms. The molecule has 0 unspecified atom stereocenters. The summed E-state index contributed by atoms with van der Waals surface area (Å²) in [6.07, 6.45) is 0. The Hall–Kier alpha value is -4.14. The predicted octanol–water partition coefficient (Wildman–Crippen LogP) is 4.54. The highest BCUT2D eigenvalue weighted by Gasteiger charge is 2.13. The number of esters is 2. The molecule has 0 spiro atoms. The number of ether oxygens (including phenoxy) is 3. The second kappa shape index (κ2) is 12.7. The van der Waals surface area contributed by atoms with Crippen LogP contribution >= 0.6 is 0 Å². The number of aliphatic hydroxyl groups is 1. The average molecular weight is 453 g/mol. The van der Waals surface area contributed by atoms with Gasteiger partial charge in [-0.3, -0.25) is 4.79 Å². The standard InChI is InChI=1S/C23H23N3O7/c1-15(27)21(16(2)28)17-3-5-18(6-4-17)22(29)32-13-11-31-12-14-33-23(30)19-7-9-20(10-8-19)25-26-24/h3-10,27H,11-14H2,1-2H3/b21-15+. The van der Waals surface area contributed by atoms with E-state index in [4.69, 9.17) is 19.7 Å². The zero-order valence-corrected chi connectivity index (χ0v) is 18.2. The van der Waals surface area contributed by atoms with Crippen LogP contribution in [0.4, 0.5) is 5.69 Å². The molecule has 0 aliphatic heterocycles. The Morgan fingerprint density at radius 1 is 0.818 bits per heavy atom. The number of hydrogen-bond acceptors (Lipinski definition) is 8. The molecule has 2 aromatic carbocycles. The number of aliphatic hydroxyl groups excluding tert-OH is 1. The Balaban J connectivity index is 1.68. The van der Waals surface area contributed by atoms with Crippen molar-refractivity contribution in [2.45, 2.75) is 13.8 Å². The number of ketones is 1. The lowest BCUT2D eigenvalue weighted by Crippen LogP contribution is -2.14. The Morgan fingerprint density at radius 3 is 1.70 bits per heavy atom. The number of benzene rings is 2. The van der Waals surface area contributed by atoms with Crippen molar-refractivity contribution in [1.82, 2.24) is 0 Å². The highest BCUT2D eigenvalue weighted by molar-refractivity contribution is 6.20. The molecule has 0 atom stereocenters. The number of Topliss-reactive ketones (excluding diaryl/α,β-unsaturated/α-hetero) is 1. The van der Waals surface area contributed by atoms with Gasteiger partial charge in [-0.05, 0) is 49.2 Å². The number of carbonyl (C=O) groups excluding carboxylic acids is 3. The molecule has 1 N–H and O–H groups in total. The van der Waals surface area contributed by atoms with Crippen molar-refractivity contribution in [1.29, 1.82) is 0 Å². The summed E-state index contributed by atoms with van der Waals surface area (Å²) in [6.45, 7) is 3.03. The number of rotatable bonds is 11. The Morgan fingerprint density at radius 2 is 1.27 bits per heavy atom. The second-order valence-corrected chi connectivity index (χ2v) is 6.71. The van der Waals surface area contributed by atoms with Crippen molar-refractivity contribution in [3.8, 4) is 0 Å². The average Bonchev–Trinajstić information content (AvgIpc) is 2.79. The first kappa shape index (κ1) is 25.1. The highest BCUT2D eigenvalue weighted by Crippen LogP contribution is 2.19. The summed E-state index contributed by atoms with van der Waals surface area (Å²) in [5.74, 6) is -1.48. The van der Waals surface area contributed by atoms with Crippen LogP contribution in [0.25, 0.3) is 16.0 Å². The van der Waals surface area contributed by atoms with Gasteiger partial charge in [-0.15, -0.1) is 0 Å². The van der Waals surface area contributed by atoms with Crippen LogP contribution in [0.1, 0.15) is 40.1 Å². The van der Waals surface area contributed by atoms with Gasteiger partial charge in [0, 0.05) is 10.6 Å². The summed E-state index contributed by atoms with van der Waals surface area (Å²) in [6, 6.07) is 12.1. The van der Waals surface area contributed by atoms with Crippen molar-refractivity contribution >= 4 is 29.0 Å². The van der Waals surface area contributed by atoms with Gasteiger partial charge in [0.2, 0.25) is 0 Å². The van der Waals surface area contributed by atoms with Crippen molar-refractivity contribution in [2.75, 3.05) is 26.4 Å². The molecule has 2 aromatic rings. The molecular formula is C23H23N3O7. The quantitative estimate of drug-likeness (QED) is 0.0999. The molecule has 10 nitrogen and oxygen atoms in total. The number of allylic oxidation sites excluding steroid dienone is 2. The molecule has 0 saturated carbocycles. The number of azide groups is 1. The SMILES string of the molecule is CC(=O)/C(=C(/C)O)c1ccc(C(=O)OCCOCCOC(=O)c2ccc(N=[N+]=[N-])cc2)cc1. The van der Waals surface area contributed by atoms with E-state index >= 15 is 0 Å². The Kier molecular flexibility index (Phi) is 9.63. The van der Waals surface area contributed by atoms with Gasteiger partial charge in [0.05, 0.1) is 29.9 Å². The molecule has 10 heteroatoms. The van der Waals surface area contributed by atoms with Crippen LogP contribution in [0.2, 0.25) is 0 Å². The number of nitrogens with zero attached hydrogens (tertiary/aromatic N) is 3. The van der Waals surface area contributed by atoms with E-state index in [9.17, 15) is 19.5 Å². The topological polar surface area (TPSA) is 148 Å². The smallest absolute Gasteiger partial charge is 0.338 e. The molecule has 0 aromatic heterocycles. The Labute approximate surface area is 190 Å². The summed E-state index contributed by atoms with van der Waals surface area (Å²) < 4.78 is 15.5. The lowest BCUT2D eigenvalue weighted by Gasteiger charge is -2.09. The first-order chi connectivity index (χ1) is 15.8. The van der Waals surface area contributed by atoms with Crippen LogP contribution in [0.5, 0.6) is 0 Å². The minimum Gasteiger partial charge on any atom is -0.512 e. The van der Waals surface area contributed by atoms with Crippen molar-refractivity contribution in [3.63, 3.8) is 0 Å². The van der Waals surface area contributed by atoms with Gasteiger partial charge in [0.25, 0.3) is 0 Å². The Bertz CT molecular complexity index is 1070. The summed E-state index contributed by atoms with van der Waals surface area (Å²) >= 11 is 0. The third-order valence-electron chi connectivity index (χ3n) is 4.31. The van der Waals surface area contributed by atoms with Crippen molar-refractivity contribution in [3.05, 3.63) is 81.4 Å². The van der Waals surface area contributed by atoms with E-state index in [1.165, 1.54) is 50.2 Å². The normalized spacial score (nSPS) is 11.1. The van der Waals surface area contributed by atoms with Gasteiger partial charge >= 0.3 is 11.9 Å².